The zero-order valence-corrected chi connectivity index (χ0v) is 18.1. The molecule has 166 valence electrons. The molecule has 3 atom stereocenters. The first kappa shape index (κ1) is 20.2. The Morgan fingerprint density at radius 1 is 1.00 bits per heavy atom. The van der Waals surface area contributed by atoms with Gasteiger partial charge in [-0.2, -0.15) is 4.98 Å². The van der Waals surface area contributed by atoms with Crippen LogP contribution in [-0.4, -0.2) is 57.4 Å². The van der Waals surface area contributed by atoms with E-state index in [9.17, 15) is 0 Å². The number of oxime groups is 1. The Morgan fingerprint density at radius 2 is 1.76 bits per heavy atom. The molecule has 0 spiro atoms. The number of pyridine rings is 1. The largest absolute Gasteiger partial charge is 0.456 e. The van der Waals surface area contributed by atoms with Gasteiger partial charge in [0.25, 0.3) is 6.01 Å². The molecule has 0 bridgehead atoms. The van der Waals surface area contributed by atoms with E-state index in [0.29, 0.717) is 40.2 Å². The van der Waals surface area contributed by atoms with Gasteiger partial charge in [-0.1, -0.05) is 71.4 Å². The number of hydrogen-bond donors (Lipinski definition) is 2. The molecule has 0 unspecified atom stereocenters. The monoisotopic (exact) mass is 462 g/mol. The predicted octanol–water partition coefficient (Wildman–Crippen LogP) is 4.32. The molecule has 8 nitrogen and oxygen atoms in total. The highest BCUT2D eigenvalue weighted by Crippen LogP contribution is 2.32. The van der Waals surface area contributed by atoms with E-state index in [4.69, 9.17) is 31.0 Å². The number of hydrogen-bond acceptors (Lipinski definition) is 7. The smallest absolute Gasteiger partial charge is 0.296 e. The van der Waals surface area contributed by atoms with Gasteiger partial charge in [0.05, 0.1) is 29.4 Å². The van der Waals surface area contributed by atoms with Crippen molar-refractivity contribution in [3.63, 3.8) is 0 Å². The lowest BCUT2D eigenvalue weighted by atomic mass is 10.0. The van der Waals surface area contributed by atoms with Crippen LogP contribution in [0.5, 0.6) is 6.01 Å². The SMILES string of the molecule is O/N=C1\CO[C@H]2[C@@H]1OC[C@H]2Oc1nc2nc(-c3ccc(-c4ccccc4)cc3)c(Cl)cc2[nH]1. The molecule has 2 aliphatic heterocycles. The first-order valence-corrected chi connectivity index (χ1v) is 10.9. The fraction of sp³-hybridized carbons (Fsp3) is 0.208. The Morgan fingerprint density at radius 3 is 2.55 bits per heavy atom. The summed E-state index contributed by atoms with van der Waals surface area (Å²) in [7, 11) is 0. The summed E-state index contributed by atoms with van der Waals surface area (Å²) in [5.41, 5.74) is 5.44. The summed E-state index contributed by atoms with van der Waals surface area (Å²) in [5.74, 6) is 0. The number of aromatic nitrogens is 3. The second-order valence-electron chi connectivity index (χ2n) is 7.95. The van der Waals surface area contributed by atoms with Crippen LogP contribution < -0.4 is 4.74 Å². The second kappa shape index (κ2) is 8.15. The van der Waals surface area contributed by atoms with Gasteiger partial charge in [0.15, 0.2) is 11.8 Å². The average Bonchev–Trinajstić information content (AvgIpc) is 3.55. The van der Waals surface area contributed by atoms with Crippen LogP contribution in [0.3, 0.4) is 0 Å². The average molecular weight is 463 g/mol. The minimum Gasteiger partial charge on any atom is -0.456 e. The molecule has 33 heavy (non-hydrogen) atoms. The zero-order chi connectivity index (χ0) is 22.4. The molecular weight excluding hydrogens is 444 g/mol. The van der Waals surface area contributed by atoms with Crippen LogP contribution in [0, 0.1) is 0 Å². The van der Waals surface area contributed by atoms with Crippen molar-refractivity contribution < 1.29 is 19.4 Å². The van der Waals surface area contributed by atoms with Crippen molar-refractivity contribution in [2.24, 2.45) is 5.16 Å². The van der Waals surface area contributed by atoms with Gasteiger partial charge in [0, 0.05) is 5.56 Å². The van der Waals surface area contributed by atoms with E-state index < -0.39 is 6.10 Å². The number of aromatic amines is 1. The molecule has 2 aliphatic rings. The van der Waals surface area contributed by atoms with Gasteiger partial charge in [0.1, 0.15) is 17.9 Å². The summed E-state index contributed by atoms with van der Waals surface area (Å²) in [6.45, 7) is 0.522. The van der Waals surface area contributed by atoms with Crippen molar-refractivity contribution in [3.8, 4) is 28.4 Å². The molecule has 0 aliphatic carbocycles. The van der Waals surface area contributed by atoms with E-state index in [2.05, 4.69) is 32.2 Å². The van der Waals surface area contributed by atoms with Crippen molar-refractivity contribution in [1.29, 1.82) is 0 Å². The minimum absolute atomic E-state index is 0.218. The van der Waals surface area contributed by atoms with Crippen LogP contribution >= 0.6 is 11.6 Å². The topological polar surface area (TPSA) is 102 Å². The fourth-order valence-electron chi connectivity index (χ4n) is 4.26. The molecule has 2 aromatic heterocycles. The maximum absolute atomic E-state index is 9.05. The van der Waals surface area contributed by atoms with Gasteiger partial charge in [-0.05, 0) is 17.2 Å². The Kier molecular flexibility index (Phi) is 4.98. The molecule has 2 aromatic carbocycles. The molecule has 0 amide bonds. The Hall–Kier alpha value is -3.46. The first-order valence-electron chi connectivity index (χ1n) is 10.5. The summed E-state index contributed by atoms with van der Waals surface area (Å²) in [6.07, 6.45) is -1.13. The van der Waals surface area contributed by atoms with E-state index in [-0.39, 0.29) is 18.8 Å². The Bertz CT molecular complexity index is 1340. The third kappa shape index (κ3) is 3.62. The van der Waals surface area contributed by atoms with E-state index in [1.807, 2.05) is 42.5 Å². The van der Waals surface area contributed by atoms with Crippen LogP contribution in [0.15, 0.2) is 65.8 Å². The molecule has 0 saturated carbocycles. The molecular formula is C24H19ClN4O4. The molecule has 2 saturated heterocycles. The van der Waals surface area contributed by atoms with Crippen molar-refractivity contribution in [2.75, 3.05) is 13.2 Å². The quantitative estimate of drug-likeness (QED) is 0.346. The highest BCUT2D eigenvalue weighted by Gasteiger charge is 2.48. The summed E-state index contributed by atoms with van der Waals surface area (Å²) >= 11 is 6.55. The molecule has 4 aromatic rings. The number of imidazole rings is 1. The molecule has 2 fully saturated rings. The van der Waals surface area contributed by atoms with E-state index in [0.717, 1.165) is 16.7 Å². The lowest BCUT2D eigenvalue weighted by Crippen LogP contribution is -2.33. The van der Waals surface area contributed by atoms with Crippen LogP contribution in [0.25, 0.3) is 33.5 Å². The maximum Gasteiger partial charge on any atom is 0.296 e. The third-order valence-corrected chi connectivity index (χ3v) is 6.21. The van der Waals surface area contributed by atoms with E-state index in [1.165, 1.54) is 0 Å². The fourth-order valence-corrected chi connectivity index (χ4v) is 4.52. The second-order valence-corrected chi connectivity index (χ2v) is 8.36. The Balaban J connectivity index is 1.25. The van der Waals surface area contributed by atoms with E-state index in [1.54, 1.807) is 6.07 Å². The summed E-state index contributed by atoms with van der Waals surface area (Å²) in [6, 6.07) is 20.4. The molecule has 6 rings (SSSR count). The van der Waals surface area contributed by atoms with Crippen LogP contribution in [-0.2, 0) is 9.47 Å². The first-order chi connectivity index (χ1) is 16.2. The number of H-pyrrole nitrogens is 1. The summed E-state index contributed by atoms with van der Waals surface area (Å²) in [5, 5.41) is 12.8. The third-order valence-electron chi connectivity index (χ3n) is 5.92. The molecule has 0 radical (unpaired) electrons. The molecule has 4 heterocycles. The van der Waals surface area contributed by atoms with Crippen molar-refractivity contribution in [1.82, 2.24) is 15.0 Å². The van der Waals surface area contributed by atoms with Gasteiger partial charge in [0.2, 0.25) is 0 Å². The van der Waals surface area contributed by atoms with Crippen LogP contribution in [0.1, 0.15) is 0 Å². The maximum atomic E-state index is 9.05. The number of ether oxygens (including phenoxy) is 3. The highest BCUT2D eigenvalue weighted by molar-refractivity contribution is 6.33. The standard InChI is InChI=1S/C24H19ClN4O4/c25-16-10-17-23(27-20(16)15-8-6-14(7-9-15)13-4-2-1-3-5-13)28-24(26-17)33-19-12-32-21-18(29-30)11-31-22(19)21/h1-10,19,21-22,30H,11-12H2,(H,26,27,28)/b29-18+/t19-,21-,22-/m1/s1. The van der Waals surface area contributed by atoms with Crippen molar-refractivity contribution >= 4 is 28.5 Å². The summed E-state index contributed by atoms with van der Waals surface area (Å²) < 4.78 is 17.3. The Labute approximate surface area is 193 Å². The minimum atomic E-state index is -0.401. The number of nitrogens with zero attached hydrogens (tertiary/aromatic N) is 3. The van der Waals surface area contributed by atoms with Gasteiger partial charge in [-0.15, -0.1) is 0 Å². The predicted molar refractivity (Wildman–Crippen MR) is 123 cm³/mol. The number of halogens is 1. The molecule has 2 N–H and O–H groups in total. The normalized spacial score (nSPS) is 23.3. The van der Waals surface area contributed by atoms with E-state index >= 15 is 0 Å². The highest BCUT2D eigenvalue weighted by atomic mass is 35.5. The van der Waals surface area contributed by atoms with Crippen LogP contribution in [0.4, 0.5) is 0 Å². The number of nitrogens with one attached hydrogen (secondary N) is 1. The van der Waals surface area contributed by atoms with Gasteiger partial charge < -0.3 is 24.4 Å². The molecule has 9 heteroatoms. The van der Waals surface area contributed by atoms with Crippen LogP contribution in [0.2, 0.25) is 5.02 Å². The number of benzene rings is 2. The van der Waals surface area contributed by atoms with Crippen molar-refractivity contribution in [2.45, 2.75) is 18.3 Å². The number of fused-ring (bicyclic) bond motifs is 2. The zero-order valence-electron chi connectivity index (χ0n) is 17.3. The van der Waals surface area contributed by atoms with Gasteiger partial charge >= 0.3 is 0 Å². The lowest BCUT2D eigenvalue weighted by molar-refractivity contribution is 0.0280. The van der Waals surface area contributed by atoms with Gasteiger partial charge in [-0.25, -0.2) is 4.98 Å². The van der Waals surface area contributed by atoms with Gasteiger partial charge in [-0.3, -0.25) is 0 Å². The lowest BCUT2D eigenvalue weighted by Gasteiger charge is -2.15. The summed E-state index contributed by atoms with van der Waals surface area (Å²) in [4.78, 5) is 12.3. The van der Waals surface area contributed by atoms with Crippen molar-refractivity contribution in [3.05, 3.63) is 65.7 Å². The number of rotatable bonds is 4.